The molecule has 31 heavy (non-hydrogen) atoms. The molecule has 0 unspecified atom stereocenters. The van der Waals surface area contributed by atoms with Gasteiger partial charge in [-0.25, -0.2) is 0 Å². The maximum absolute atomic E-state index is 13.5. The van der Waals surface area contributed by atoms with Crippen LogP contribution in [-0.2, 0) is 11.3 Å². The van der Waals surface area contributed by atoms with E-state index in [1.54, 1.807) is 35.5 Å². The third-order valence-corrected chi connectivity index (χ3v) is 5.73. The number of aryl methyl sites for hydroxylation is 1. The molecule has 2 heterocycles. The van der Waals surface area contributed by atoms with Crippen LogP contribution in [0.2, 0.25) is 0 Å². The van der Waals surface area contributed by atoms with Crippen LogP contribution in [0.25, 0.3) is 0 Å². The molecule has 0 spiro atoms. The first kappa shape index (κ1) is 20.8. The van der Waals surface area contributed by atoms with Gasteiger partial charge in [0.25, 0.3) is 5.91 Å². The summed E-state index contributed by atoms with van der Waals surface area (Å²) >= 11 is 0. The lowest BCUT2D eigenvalue weighted by molar-refractivity contribution is -0.126. The van der Waals surface area contributed by atoms with Crippen LogP contribution in [0.3, 0.4) is 0 Å². The van der Waals surface area contributed by atoms with Gasteiger partial charge in [0.1, 0.15) is 6.04 Å². The summed E-state index contributed by atoms with van der Waals surface area (Å²) in [6, 6.07) is 14.2. The van der Waals surface area contributed by atoms with Gasteiger partial charge in [-0.1, -0.05) is 48.7 Å². The molecule has 1 aliphatic rings. The summed E-state index contributed by atoms with van der Waals surface area (Å²) in [6.45, 7) is 2.29. The van der Waals surface area contributed by atoms with Crippen LogP contribution in [0, 0.1) is 6.92 Å². The quantitative estimate of drug-likeness (QED) is 0.617. The van der Waals surface area contributed by atoms with Crippen molar-refractivity contribution < 1.29 is 14.0 Å². The molecule has 0 aliphatic heterocycles. The smallest absolute Gasteiger partial charge is 0.290 e. The Kier molecular flexibility index (Phi) is 6.46. The fourth-order valence-corrected chi connectivity index (χ4v) is 4.07. The number of hydrogen-bond donors (Lipinski definition) is 1. The number of hydrogen-bond acceptors (Lipinski definition) is 4. The van der Waals surface area contributed by atoms with Gasteiger partial charge in [-0.2, -0.15) is 0 Å². The van der Waals surface area contributed by atoms with Crippen molar-refractivity contribution in [3.8, 4) is 0 Å². The number of pyridine rings is 1. The van der Waals surface area contributed by atoms with Crippen LogP contribution < -0.4 is 5.32 Å². The van der Waals surface area contributed by atoms with Crippen molar-refractivity contribution in [2.24, 2.45) is 0 Å². The molecule has 2 aromatic heterocycles. The second-order valence-electron chi connectivity index (χ2n) is 8.07. The number of aromatic nitrogens is 1. The summed E-state index contributed by atoms with van der Waals surface area (Å²) in [7, 11) is 0. The molecule has 4 rings (SSSR count). The highest BCUT2D eigenvalue weighted by Crippen LogP contribution is 2.27. The second-order valence-corrected chi connectivity index (χ2v) is 8.07. The number of benzene rings is 1. The number of nitrogens with one attached hydrogen (secondary N) is 1. The Morgan fingerprint density at radius 3 is 2.55 bits per heavy atom. The molecule has 1 aliphatic carbocycles. The number of amides is 2. The van der Waals surface area contributed by atoms with Gasteiger partial charge in [-0.15, -0.1) is 0 Å². The number of carbonyl (C=O) groups excluding carboxylic acids is 2. The van der Waals surface area contributed by atoms with Crippen LogP contribution in [0.4, 0.5) is 0 Å². The topological polar surface area (TPSA) is 75.4 Å². The molecular weight excluding hydrogens is 390 g/mol. The third-order valence-electron chi connectivity index (χ3n) is 5.73. The highest BCUT2D eigenvalue weighted by molar-refractivity contribution is 5.96. The highest BCUT2D eigenvalue weighted by atomic mass is 16.3. The second kappa shape index (κ2) is 9.60. The van der Waals surface area contributed by atoms with Crippen LogP contribution in [0.1, 0.15) is 59.0 Å². The van der Waals surface area contributed by atoms with E-state index in [0.29, 0.717) is 5.56 Å². The minimum Gasteiger partial charge on any atom is -0.459 e. The first-order valence-corrected chi connectivity index (χ1v) is 10.7. The summed E-state index contributed by atoms with van der Waals surface area (Å²) in [5, 5.41) is 3.16. The van der Waals surface area contributed by atoms with Gasteiger partial charge < -0.3 is 14.6 Å². The summed E-state index contributed by atoms with van der Waals surface area (Å²) < 4.78 is 5.39. The first-order chi connectivity index (χ1) is 15.1. The van der Waals surface area contributed by atoms with Gasteiger partial charge >= 0.3 is 0 Å². The summed E-state index contributed by atoms with van der Waals surface area (Å²) in [5.41, 5.74) is 2.74. The first-order valence-electron chi connectivity index (χ1n) is 10.7. The molecule has 3 aromatic rings. The summed E-state index contributed by atoms with van der Waals surface area (Å²) in [4.78, 5) is 32.7. The van der Waals surface area contributed by atoms with Crippen LogP contribution >= 0.6 is 0 Å². The van der Waals surface area contributed by atoms with E-state index in [4.69, 9.17) is 4.42 Å². The van der Waals surface area contributed by atoms with Crippen molar-refractivity contribution >= 4 is 11.8 Å². The molecule has 1 saturated carbocycles. The Morgan fingerprint density at radius 1 is 1.13 bits per heavy atom. The van der Waals surface area contributed by atoms with E-state index in [9.17, 15) is 9.59 Å². The predicted molar refractivity (Wildman–Crippen MR) is 117 cm³/mol. The minimum atomic E-state index is -0.812. The van der Waals surface area contributed by atoms with Gasteiger partial charge in [-0.05, 0) is 43.5 Å². The van der Waals surface area contributed by atoms with Gasteiger partial charge in [0.15, 0.2) is 5.76 Å². The average molecular weight is 418 g/mol. The Hall–Kier alpha value is -3.41. The van der Waals surface area contributed by atoms with Crippen molar-refractivity contribution in [1.29, 1.82) is 0 Å². The Balaban J connectivity index is 1.71. The molecule has 0 saturated heterocycles. The predicted octanol–water partition coefficient (Wildman–Crippen LogP) is 4.43. The average Bonchev–Trinajstić information content (AvgIpc) is 3.49. The number of furan rings is 1. The van der Waals surface area contributed by atoms with Crippen LogP contribution in [0.15, 0.2) is 71.6 Å². The SMILES string of the molecule is Cc1ccc(CN(C(=O)c2ccco2)[C@@H](C(=O)NC2CCCC2)c2cccnc2)cc1. The monoisotopic (exact) mass is 417 g/mol. The lowest BCUT2D eigenvalue weighted by Gasteiger charge is -2.31. The van der Waals surface area contributed by atoms with E-state index in [1.165, 1.54) is 6.26 Å². The highest BCUT2D eigenvalue weighted by Gasteiger charge is 2.34. The standard InChI is InChI=1S/C25H27N3O3/c1-18-10-12-19(13-11-18)17-28(25(30)22-9-5-15-31-22)23(20-6-4-14-26-16-20)24(29)27-21-7-2-3-8-21/h4-6,9-16,21,23H,2-3,7-8,17H2,1H3,(H,27,29)/t23-/m1/s1. The molecular formula is C25H27N3O3. The molecule has 1 fully saturated rings. The zero-order valence-corrected chi connectivity index (χ0v) is 17.7. The van der Waals surface area contributed by atoms with E-state index in [1.807, 2.05) is 37.3 Å². The van der Waals surface area contributed by atoms with Crippen LogP contribution in [0.5, 0.6) is 0 Å². The zero-order valence-electron chi connectivity index (χ0n) is 17.7. The van der Waals surface area contributed by atoms with Gasteiger partial charge in [0, 0.05) is 30.5 Å². The number of rotatable bonds is 7. The Morgan fingerprint density at radius 2 is 1.90 bits per heavy atom. The van der Waals surface area contributed by atoms with E-state index >= 15 is 0 Å². The molecule has 160 valence electrons. The summed E-state index contributed by atoms with van der Waals surface area (Å²) in [6.07, 6.45) is 8.94. The van der Waals surface area contributed by atoms with Gasteiger partial charge in [-0.3, -0.25) is 14.6 Å². The zero-order chi connectivity index (χ0) is 21.6. The molecule has 1 aromatic carbocycles. The van der Waals surface area contributed by atoms with Crippen molar-refractivity contribution in [3.05, 3.63) is 89.6 Å². The van der Waals surface area contributed by atoms with Crippen molar-refractivity contribution in [1.82, 2.24) is 15.2 Å². The van der Waals surface area contributed by atoms with Crippen molar-refractivity contribution in [2.75, 3.05) is 0 Å². The number of carbonyl (C=O) groups is 2. The molecule has 2 amide bonds. The van der Waals surface area contributed by atoms with E-state index in [-0.39, 0.29) is 30.2 Å². The molecule has 0 bridgehead atoms. The normalized spacial score (nSPS) is 14.9. The lowest BCUT2D eigenvalue weighted by Crippen LogP contribution is -2.45. The Bertz CT molecular complexity index is 994. The molecule has 6 heteroatoms. The lowest BCUT2D eigenvalue weighted by atomic mass is 10.0. The fourth-order valence-electron chi connectivity index (χ4n) is 4.07. The molecule has 1 atom stereocenters. The maximum atomic E-state index is 13.5. The van der Waals surface area contributed by atoms with Crippen LogP contribution in [-0.4, -0.2) is 27.7 Å². The van der Waals surface area contributed by atoms with E-state index in [2.05, 4.69) is 10.3 Å². The number of nitrogens with zero attached hydrogens (tertiary/aromatic N) is 2. The molecule has 1 N–H and O–H groups in total. The van der Waals surface area contributed by atoms with E-state index < -0.39 is 6.04 Å². The Labute approximate surface area is 182 Å². The fraction of sp³-hybridized carbons (Fsp3) is 0.320. The molecule has 6 nitrogen and oxygen atoms in total. The van der Waals surface area contributed by atoms with Gasteiger partial charge in [0.2, 0.25) is 5.91 Å². The molecule has 0 radical (unpaired) electrons. The van der Waals surface area contributed by atoms with Crippen molar-refractivity contribution in [2.45, 2.75) is 51.2 Å². The van der Waals surface area contributed by atoms with Crippen molar-refractivity contribution in [3.63, 3.8) is 0 Å². The minimum absolute atomic E-state index is 0.145. The maximum Gasteiger partial charge on any atom is 0.290 e. The van der Waals surface area contributed by atoms with E-state index in [0.717, 1.165) is 36.8 Å². The largest absolute Gasteiger partial charge is 0.459 e. The third kappa shape index (κ3) is 5.02. The van der Waals surface area contributed by atoms with Gasteiger partial charge in [0.05, 0.1) is 6.26 Å². The summed E-state index contributed by atoms with van der Waals surface area (Å²) in [5.74, 6) is -0.317.